The molecule has 4 aromatic rings. The molecule has 0 amide bonds. The van der Waals surface area contributed by atoms with Crippen LogP contribution in [-0.4, -0.2) is 31.4 Å². The van der Waals surface area contributed by atoms with Crippen molar-refractivity contribution in [1.82, 2.24) is 24.9 Å². The second-order valence-corrected chi connectivity index (χ2v) is 7.56. The third-order valence-electron chi connectivity index (χ3n) is 5.63. The van der Waals surface area contributed by atoms with Crippen molar-refractivity contribution >= 4 is 0 Å². The molecule has 2 aromatic heterocycles. The molecule has 1 aliphatic rings. The molecule has 0 radical (unpaired) electrons. The molecule has 3 heterocycles. The molecule has 1 fully saturated rings. The van der Waals surface area contributed by atoms with Gasteiger partial charge in [-0.1, -0.05) is 71.9 Å². The first kappa shape index (κ1) is 17.8. The van der Waals surface area contributed by atoms with Gasteiger partial charge < -0.3 is 0 Å². The number of hydrogen-bond donors (Lipinski definition) is 0. The van der Waals surface area contributed by atoms with Gasteiger partial charge in [0.25, 0.3) is 0 Å². The molecule has 1 aliphatic heterocycles. The molecule has 5 heteroatoms. The van der Waals surface area contributed by atoms with Gasteiger partial charge in [0.2, 0.25) is 0 Å². The van der Waals surface area contributed by atoms with Crippen LogP contribution >= 0.6 is 0 Å². The fourth-order valence-electron chi connectivity index (χ4n) is 4.18. The van der Waals surface area contributed by atoms with Gasteiger partial charge in [0.05, 0.1) is 12.2 Å². The minimum Gasteiger partial charge on any atom is -0.290 e. The molecule has 2 atom stereocenters. The molecule has 0 aliphatic carbocycles. The zero-order valence-electron chi connectivity index (χ0n) is 16.2. The summed E-state index contributed by atoms with van der Waals surface area (Å²) in [5.41, 5.74) is 4.60. The van der Waals surface area contributed by atoms with Gasteiger partial charge in [-0.15, -0.1) is 5.10 Å². The summed E-state index contributed by atoms with van der Waals surface area (Å²) in [5, 5.41) is 8.89. The lowest BCUT2D eigenvalue weighted by Gasteiger charge is -2.24. The first-order valence-electron chi connectivity index (χ1n) is 10.0. The van der Waals surface area contributed by atoms with Gasteiger partial charge in [-0.25, -0.2) is 4.68 Å². The largest absolute Gasteiger partial charge is 0.290 e. The number of benzene rings is 2. The first-order valence-corrected chi connectivity index (χ1v) is 10.0. The van der Waals surface area contributed by atoms with E-state index < -0.39 is 0 Å². The fraction of sp³-hybridized carbons (Fsp3) is 0.208. The maximum atomic E-state index is 4.47. The Balaban J connectivity index is 1.41. The third-order valence-corrected chi connectivity index (χ3v) is 5.63. The van der Waals surface area contributed by atoms with E-state index in [1.807, 2.05) is 41.3 Å². The van der Waals surface area contributed by atoms with E-state index >= 15 is 0 Å². The van der Waals surface area contributed by atoms with Crippen LogP contribution in [0.5, 0.6) is 0 Å². The Hall–Kier alpha value is -3.31. The Morgan fingerprint density at radius 3 is 2.45 bits per heavy atom. The lowest BCUT2D eigenvalue weighted by Crippen LogP contribution is -2.24. The molecular formula is C24H23N5. The summed E-state index contributed by atoms with van der Waals surface area (Å²) < 4.78 is 2.04. The van der Waals surface area contributed by atoms with Crippen LogP contribution in [-0.2, 0) is 6.54 Å². The van der Waals surface area contributed by atoms with Crippen molar-refractivity contribution in [1.29, 1.82) is 0 Å². The molecular weight excluding hydrogens is 358 g/mol. The van der Waals surface area contributed by atoms with Gasteiger partial charge in [0.15, 0.2) is 0 Å². The number of aromatic nitrogens is 4. The van der Waals surface area contributed by atoms with Crippen LogP contribution in [0.15, 0.2) is 91.4 Å². The van der Waals surface area contributed by atoms with E-state index in [-0.39, 0.29) is 6.04 Å². The highest BCUT2D eigenvalue weighted by atomic mass is 15.4. The highest BCUT2D eigenvalue weighted by molar-refractivity contribution is 5.57. The zero-order valence-corrected chi connectivity index (χ0v) is 16.2. The predicted molar refractivity (Wildman–Crippen MR) is 113 cm³/mol. The van der Waals surface area contributed by atoms with Crippen molar-refractivity contribution in [3.63, 3.8) is 0 Å². The van der Waals surface area contributed by atoms with Crippen molar-refractivity contribution in [2.75, 3.05) is 6.54 Å². The van der Waals surface area contributed by atoms with Crippen LogP contribution in [0.25, 0.3) is 11.3 Å². The van der Waals surface area contributed by atoms with Crippen LogP contribution in [0, 0.1) is 0 Å². The van der Waals surface area contributed by atoms with Crippen LogP contribution in [0.1, 0.15) is 29.6 Å². The monoisotopic (exact) mass is 381 g/mol. The summed E-state index contributed by atoms with van der Waals surface area (Å²) >= 11 is 0. The van der Waals surface area contributed by atoms with E-state index in [1.54, 1.807) is 0 Å². The predicted octanol–water partition coefficient (Wildman–Crippen LogP) is 4.53. The van der Waals surface area contributed by atoms with E-state index in [0.29, 0.717) is 6.04 Å². The topological polar surface area (TPSA) is 46.8 Å². The summed E-state index contributed by atoms with van der Waals surface area (Å²) in [6, 6.07) is 25.7. The standard InChI is InChI=1S/C24H23N5/c1-3-8-19(9-4-1)16-28-17-22(14-24(28)21-12-7-13-25-15-21)29-18-23(26-27-29)20-10-5-2-6-11-20/h1-13,15,18,22,24H,14,16-17H2/t22-,24+/m1/s1. The summed E-state index contributed by atoms with van der Waals surface area (Å²) in [6.45, 7) is 1.85. The summed E-state index contributed by atoms with van der Waals surface area (Å²) in [4.78, 5) is 6.88. The molecule has 1 saturated heterocycles. The van der Waals surface area contributed by atoms with Crippen molar-refractivity contribution in [3.05, 3.63) is 103 Å². The second-order valence-electron chi connectivity index (χ2n) is 7.56. The van der Waals surface area contributed by atoms with Gasteiger partial charge in [-0.05, 0) is 23.6 Å². The maximum absolute atomic E-state index is 4.47. The Morgan fingerprint density at radius 1 is 0.897 bits per heavy atom. The van der Waals surface area contributed by atoms with Crippen LogP contribution < -0.4 is 0 Å². The van der Waals surface area contributed by atoms with Gasteiger partial charge in [0.1, 0.15) is 5.69 Å². The average molecular weight is 381 g/mol. The smallest absolute Gasteiger partial charge is 0.113 e. The molecule has 0 spiro atoms. The fourth-order valence-corrected chi connectivity index (χ4v) is 4.18. The Morgan fingerprint density at radius 2 is 1.69 bits per heavy atom. The number of pyridine rings is 1. The number of likely N-dealkylation sites (tertiary alicyclic amines) is 1. The normalized spacial score (nSPS) is 19.4. The van der Waals surface area contributed by atoms with Gasteiger partial charge in [-0.3, -0.25) is 9.88 Å². The molecule has 5 rings (SSSR count). The van der Waals surface area contributed by atoms with Crippen LogP contribution in [0.3, 0.4) is 0 Å². The van der Waals surface area contributed by atoms with E-state index in [1.165, 1.54) is 11.1 Å². The first-order chi connectivity index (χ1) is 14.4. The number of rotatable bonds is 5. The third kappa shape index (κ3) is 3.82. The number of nitrogens with zero attached hydrogens (tertiary/aromatic N) is 5. The van der Waals surface area contributed by atoms with Crippen molar-refractivity contribution in [3.8, 4) is 11.3 Å². The van der Waals surface area contributed by atoms with Crippen molar-refractivity contribution in [2.45, 2.75) is 25.0 Å². The summed E-state index contributed by atoms with van der Waals surface area (Å²) in [7, 11) is 0. The van der Waals surface area contributed by atoms with Crippen molar-refractivity contribution in [2.24, 2.45) is 0 Å². The van der Waals surface area contributed by atoms with Gasteiger partial charge >= 0.3 is 0 Å². The quantitative estimate of drug-likeness (QED) is 0.510. The molecule has 144 valence electrons. The highest BCUT2D eigenvalue weighted by Gasteiger charge is 2.34. The Kier molecular flexibility index (Phi) is 4.88. The molecule has 2 aromatic carbocycles. The average Bonchev–Trinajstić information content (AvgIpc) is 3.43. The lowest BCUT2D eigenvalue weighted by atomic mass is 10.0. The molecule has 0 unspecified atom stereocenters. The molecule has 0 saturated carbocycles. The van der Waals surface area contributed by atoms with E-state index in [9.17, 15) is 0 Å². The van der Waals surface area contributed by atoms with E-state index in [4.69, 9.17) is 0 Å². The second kappa shape index (κ2) is 7.97. The Labute approximate surface area is 170 Å². The van der Waals surface area contributed by atoms with Gasteiger partial charge in [0, 0.05) is 37.1 Å². The van der Waals surface area contributed by atoms with E-state index in [2.05, 4.69) is 74.9 Å². The van der Waals surface area contributed by atoms with Gasteiger partial charge in [-0.2, -0.15) is 0 Å². The minimum atomic E-state index is 0.286. The molecule has 0 N–H and O–H groups in total. The van der Waals surface area contributed by atoms with Crippen LogP contribution in [0.2, 0.25) is 0 Å². The molecule has 0 bridgehead atoms. The number of hydrogen-bond acceptors (Lipinski definition) is 4. The SMILES string of the molecule is c1ccc(CN2C[C@H](n3cc(-c4ccccc4)nn3)C[C@H]2c2cccnc2)cc1. The van der Waals surface area contributed by atoms with Crippen molar-refractivity contribution < 1.29 is 0 Å². The highest BCUT2D eigenvalue weighted by Crippen LogP contribution is 2.38. The minimum absolute atomic E-state index is 0.286. The molecule has 29 heavy (non-hydrogen) atoms. The Bertz CT molecular complexity index is 1050. The lowest BCUT2D eigenvalue weighted by molar-refractivity contribution is 0.243. The molecule has 5 nitrogen and oxygen atoms in total. The summed E-state index contributed by atoms with van der Waals surface area (Å²) in [6.07, 6.45) is 6.89. The van der Waals surface area contributed by atoms with E-state index in [0.717, 1.165) is 30.8 Å². The summed E-state index contributed by atoms with van der Waals surface area (Å²) in [5.74, 6) is 0. The van der Waals surface area contributed by atoms with Crippen LogP contribution in [0.4, 0.5) is 0 Å². The maximum Gasteiger partial charge on any atom is 0.113 e. The zero-order chi connectivity index (χ0) is 19.5.